The molecule has 1 unspecified atom stereocenters. The molecule has 2 fully saturated rings. The van der Waals surface area contributed by atoms with Crippen LogP contribution in [-0.4, -0.2) is 94.0 Å². The van der Waals surface area contributed by atoms with Gasteiger partial charge in [0.2, 0.25) is 0 Å². The highest BCUT2D eigenvalue weighted by Crippen LogP contribution is 2.44. The zero-order chi connectivity index (χ0) is 26.2. The van der Waals surface area contributed by atoms with Crippen LogP contribution in [0.2, 0.25) is 0 Å². The smallest absolute Gasteiger partial charge is 0.320 e. The van der Waals surface area contributed by atoms with Crippen molar-refractivity contribution in [3.63, 3.8) is 0 Å². The van der Waals surface area contributed by atoms with E-state index in [-0.39, 0.29) is 16.5 Å². The second-order valence-electron chi connectivity index (χ2n) is 9.63. The molecule has 200 valence electrons. The van der Waals surface area contributed by atoms with E-state index in [9.17, 15) is 18.0 Å². The van der Waals surface area contributed by atoms with Crippen LogP contribution in [0.5, 0.6) is 0 Å². The van der Waals surface area contributed by atoms with Crippen LogP contribution < -0.4 is 9.62 Å². The Balaban J connectivity index is 1.37. The Hall–Kier alpha value is -2.51. The summed E-state index contributed by atoms with van der Waals surface area (Å²) >= 11 is 1.03. The number of urea groups is 1. The maximum Gasteiger partial charge on any atom is 0.320 e. The Morgan fingerprint density at radius 3 is 2.43 bits per heavy atom. The van der Waals surface area contributed by atoms with Gasteiger partial charge in [0.1, 0.15) is 4.21 Å². The maximum absolute atomic E-state index is 13.9. The van der Waals surface area contributed by atoms with Gasteiger partial charge in [0.15, 0.2) is 0 Å². The Kier molecular flexibility index (Phi) is 7.29. The number of rotatable bonds is 6. The number of fused-ring (bicyclic) bond motifs is 1. The summed E-state index contributed by atoms with van der Waals surface area (Å²) in [6.45, 7) is 6.52. The first kappa shape index (κ1) is 26.1. The van der Waals surface area contributed by atoms with Gasteiger partial charge in [-0.15, -0.1) is 11.3 Å². The topological polar surface area (TPSA) is 102 Å². The van der Waals surface area contributed by atoms with E-state index in [1.807, 2.05) is 0 Å². The zero-order valence-corrected chi connectivity index (χ0v) is 22.8. The van der Waals surface area contributed by atoms with Crippen LogP contribution in [0.4, 0.5) is 10.5 Å². The second kappa shape index (κ2) is 10.3. The van der Waals surface area contributed by atoms with Gasteiger partial charge in [0.25, 0.3) is 21.7 Å². The van der Waals surface area contributed by atoms with Crippen LogP contribution in [0.25, 0.3) is 0 Å². The Morgan fingerprint density at radius 2 is 1.78 bits per heavy atom. The third kappa shape index (κ3) is 4.65. The molecule has 2 saturated heterocycles. The third-order valence-electron chi connectivity index (χ3n) is 7.43. The molecule has 1 aromatic heterocycles. The first-order valence-corrected chi connectivity index (χ1v) is 15.0. The number of hydrogen-bond donors (Lipinski definition) is 1. The van der Waals surface area contributed by atoms with Gasteiger partial charge in [-0.2, -0.15) is 12.7 Å². The number of carbonyl (C=O) groups is 2. The molecule has 0 bridgehead atoms. The number of likely N-dealkylation sites (tertiary alicyclic amines) is 1. The molecule has 37 heavy (non-hydrogen) atoms. The van der Waals surface area contributed by atoms with E-state index >= 15 is 0 Å². The van der Waals surface area contributed by atoms with Crippen LogP contribution in [0, 0.1) is 0 Å². The summed E-state index contributed by atoms with van der Waals surface area (Å²) in [5, 5.41) is 4.44. The number of piperazine rings is 1. The summed E-state index contributed by atoms with van der Waals surface area (Å²) in [4.78, 5) is 33.9. The van der Waals surface area contributed by atoms with Crippen LogP contribution >= 0.6 is 11.3 Å². The number of carbonyl (C=O) groups excluding carboxylic acids is 2. The van der Waals surface area contributed by atoms with E-state index in [4.69, 9.17) is 4.74 Å². The van der Waals surface area contributed by atoms with E-state index in [2.05, 4.69) is 22.2 Å². The standard InChI is InChI=1S/C25H33N5O5S2/c1-3-35-25(26-24(32)29-16-14-28(15-17-29)19-10-12-27(2)13-11-19)20-7-4-5-8-21(20)30(23(25)31)37(33,34)22-9-6-18-36-22/h4-9,18-19H,3,10-17H2,1-2H3,(H,26,32). The molecule has 0 aliphatic carbocycles. The largest absolute Gasteiger partial charge is 0.344 e. The van der Waals surface area contributed by atoms with E-state index < -0.39 is 27.7 Å². The molecule has 3 aliphatic rings. The van der Waals surface area contributed by atoms with Gasteiger partial charge in [0.05, 0.1) is 5.69 Å². The average molecular weight is 548 g/mol. The molecule has 12 heteroatoms. The molecule has 4 heterocycles. The minimum Gasteiger partial charge on any atom is -0.344 e. The van der Waals surface area contributed by atoms with Crippen LogP contribution in [0.1, 0.15) is 25.3 Å². The Morgan fingerprint density at radius 1 is 1.08 bits per heavy atom. The molecule has 2 aromatic rings. The van der Waals surface area contributed by atoms with Crippen molar-refractivity contribution in [1.29, 1.82) is 0 Å². The molecule has 5 rings (SSSR count). The summed E-state index contributed by atoms with van der Waals surface area (Å²) in [5.41, 5.74) is -1.44. The van der Waals surface area contributed by atoms with Gasteiger partial charge in [0, 0.05) is 44.4 Å². The highest BCUT2D eigenvalue weighted by molar-refractivity contribution is 7.95. The van der Waals surface area contributed by atoms with Crippen molar-refractivity contribution in [1.82, 2.24) is 20.0 Å². The fraction of sp³-hybridized carbons (Fsp3) is 0.520. The average Bonchev–Trinajstić information content (AvgIpc) is 3.52. The fourth-order valence-corrected chi connectivity index (χ4v) is 7.97. The zero-order valence-electron chi connectivity index (χ0n) is 21.1. The Bertz CT molecular complexity index is 1240. The van der Waals surface area contributed by atoms with Gasteiger partial charge < -0.3 is 14.5 Å². The lowest BCUT2D eigenvalue weighted by Gasteiger charge is -2.42. The molecule has 1 aromatic carbocycles. The van der Waals surface area contributed by atoms with Gasteiger partial charge >= 0.3 is 6.03 Å². The molecule has 0 radical (unpaired) electrons. The van der Waals surface area contributed by atoms with Crippen molar-refractivity contribution in [2.45, 2.75) is 35.7 Å². The normalized spacial score (nSPS) is 23.9. The van der Waals surface area contributed by atoms with E-state index in [1.54, 1.807) is 47.5 Å². The number of piperidine rings is 1. The molecule has 1 N–H and O–H groups in total. The van der Waals surface area contributed by atoms with Crippen molar-refractivity contribution in [2.75, 3.05) is 57.2 Å². The molecule has 1 atom stereocenters. The number of anilines is 1. The highest BCUT2D eigenvalue weighted by atomic mass is 32.2. The van der Waals surface area contributed by atoms with Crippen LogP contribution in [0.15, 0.2) is 46.0 Å². The predicted octanol–water partition coefficient (Wildman–Crippen LogP) is 2.09. The maximum atomic E-state index is 13.9. The first-order chi connectivity index (χ1) is 17.8. The number of amides is 3. The number of sulfonamides is 1. The lowest BCUT2D eigenvalue weighted by atomic mass is 10.0. The number of nitrogens with one attached hydrogen (secondary N) is 1. The SMILES string of the molecule is CCOC1(NC(=O)N2CCN(C3CCN(C)CC3)CC2)C(=O)N(S(=O)(=O)c2cccs2)c2ccccc21. The molecule has 10 nitrogen and oxygen atoms in total. The summed E-state index contributed by atoms with van der Waals surface area (Å²) in [6.07, 6.45) is 2.24. The monoisotopic (exact) mass is 547 g/mol. The van der Waals surface area contributed by atoms with Crippen LogP contribution in [-0.2, 0) is 25.3 Å². The van der Waals surface area contributed by atoms with Crippen molar-refractivity contribution in [3.8, 4) is 0 Å². The van der Waals surface area contributed by atoms with E-state index in [0.29, 0.717) is 24.7 Å². The molecule has 0 spiro atoms. The number of hydrogen-bond acceptors (Lipinski definition) is 8. The van der Waals surface area contributed by atoms with Gasteiger partial charge in [-0.25, -0.2) is 4.79 Å². The fourth-order valence-electron chi connectivity index (χ4n) is 5.45. The molecule has 0 saturated carbocycles. The molecule has 3 amide bonds. The number of benzene rings is 1. The summed E-state index contributed by atoms with van der Waals surface area (Å²) < 4.78 is 33.7. The number of para-hydroxylation sites is 1. The second-order valence-corrected chi connectivity index (χ2v) is 12.6. The highest BCUT2D eigenvalue weighted by Gasteiger charge is 2.57. The minimum absolute atomic E-state index is 0.0410. The van der Waals surface area contributed by atoms with Crippen molar-refractivity contribution >= 4 is 39.0 Å². The quantitative estimate of drug-likeness (QED) is 0.553. The lowest BCUT2D eigenvalue weighted by molar-refractivity contribution is -0.145. The van der Waals surface area contributed by atoms with Crippen molar-refractivity contribution in [3.05, 3.63) is 47.3 Å². The van der Waals surface area contributed by atoms with Crippen molar-refractivity contribution in [2.24, 2.45) is 0 Å². The first-order valence-electron chi connectivity index (χ1n) is 12.6. The number of ether oxygens (including phenoxy) is 1. The van der Waals surface area contributed by atoms with E-state index in [1.165, 1.54) is 6.07 Å². The third-order valence-corrected chi connectivity index (χ3v) is 10.5. The molecular formula is C25H33N5O5S2. The molecule has 3 aliphatic heterocycles. The van der Waals surface area contributed by atoms with Gasteiger partial charge in [-0.3, -0.25) is 15.0 Å². The summed E-state index contributed by atoms with van der Waals surface area (Å²) in [7, 11) is -2.04. The number of thiophene rings is 1. The van der Waals surface area contributed by atoms with Gasteiger partial charge in [-0.05, 0) is 57.4 Å². The predicted molar refractivity (Wildman–Crippen MR) is 141 cm³/mol. The Labute approximate surface area is 221 Å². The van der Waals surface area contributed by atoms with E-state index in [0.717, 1.165) is 54.7 Å². The summed E-state index contributed by atoms with van der Waals surface area (Å²) in [5.74, 6) is -0.845. The molecular weight excluding hydrogens is 514 g/mol. The van der Waals surface area contributed by atoms with Crippen molar-refractivity contribution < 1.29 is 22.7 Å². The summed E-state index contributed by atoms with van der Waals surface area (Å²) in [6, 6.07) is 9.70. The van der Waals surface area contributed by atoms with Gasteiger partial charge in [-0.1, -0.05) is 24.3 Å². The minimum atomic E-state index is -4.18. The number of nitrogens with zero attached hydrogens (tertiary/aromatic N) is 4. The van der Waals surface area contributed by atoms with Crippen LogP contribution in [0.3, 0.4) is 0 Å². The lowest BCUT2D eigenvalue weighted by Crippen LogP contribution is -2.61.